The summed E-state index contributed by atoms with van der Waals surface area (Å²) in [6.07, 6.45) is 7.13. The number of aromatic nitrogens is 1. The Hall–Kier alpha value is -2.81. The lowest BCUT2D eigenvalue weighted by molar-refractivity contribution is -0.384. The topological polar surface area (TPSA) is 74.4 Å². The van der Waals surface area contributed by atoms with Crippen LogP contribution in [0.25, 0.3) is 10.9 Å². The van der Waals surface area contributed by atoms with Crippen LogP contribution in [0, 0.1) is 22.5 Å². The van der Waals surface area contributed by atoms with Gasteiger partial charge < -0.3 is 4.84 Å². The van der Waals surface area contributed by atoms with E-state index in [1.165, 1.54) is 29.1 Å². The van der Waals surface area contributed by atoms with Crippen molar-refractivity contribution in [1.82, 2.24) is 4.73 Å². The summed E-state index contributed by atoms with van der Waals surface area (Å²) in [6, 6.07) is 4.18. The first kappa shape index (κ1) is 11.7. The summed E-state index contributed by atoms with van der Waals surface area (Å²) in [5, 5.41) is 11.1. The minimum atomic E-state index is -0.520. The summed E-state index contributed by atoms with van der Waals surface area (Å²) in [5.41, 5.74) is 0.781. The zero-order valence-electron chi connectivity index (χ0n) is 9.20. The number of rotatable bonds is 4. The van der Waals surface area contributed by atoms with E-state index >= 15 is 0 Å². The Morgan fingerprint density at radius 2 is 2.33 bits per heavy atom. The number of nitrogens with zero attached hydrogens (tertiary/aromatic N) is 2. The maximum Gasteiger partial charge on any atom is 0.270 e. The molecule has 0 spiro atoms. The van der Waals surface area contributed by atoms with Crippen molar-refractivity contribution in [2.45, 2.75) is 0 Å². The van der Waals surface area contributed by atoms with Crippen LogP contribution in [0.4, 0.5) is 5.69 Å². The van der Waals surface area contributed by atoms with Crippen LogP contribution in [0.5, 0.6) is 0 Å². The van der Waals surface area contributed by atoms with E-state index in [1.54, 1.807) is 0 Å². The van der Waals surface area contributed by atoms with Crippen molar-refractivity contribution in [2.75, 3.05) is 6.61 Å². The molecule has 1 aromatic heterocycles. The van der Waals surface area contributed by atoms with E-state index in [2.05, 4.69) is 5.92 Å². The average Bonchev–Trinajstić information content (AvgIpc) is 2.73. The predicted octanol–water partition coefficient (Wildman–Crippen LogP) is 1.42. The van der Waals surface area contributed by atoms with E-state index in [0.717, 1.165) is 0 Å². The number of hydrogen-bond donors (Lipinski definition) is 0. The van der Waals surface area contributed by atoms with Crippen molar-refractivity contribution < 1.29 is 14.6 Å². The second-order valence-electron chi connectivity index (χ2n) is 3.46. The lowest BCUT2D eigenvalue weighted by atomic mass is 10.2. The second-order valence-corrected chi connectivity index (χ2v) is 3.46. The molecular formula is C12H8N2O4. The fraction of sp³-hybridized carbons (Fsp3) is 0.0833. The van der Waals surface area contributed by atoms with Gasteiger partial charge in [-0.2, -0.15) is 4.73 Å². The van der Waals surface area contributed by atoms with Gasteiger partial charge in [-0.15, -0.1) is 6.42 Å². The molecule has 0 fully saturated rings. The lowest BCUT2D eigenvalue weighted by Gasteiger charge is -2.03. The van der Waals surface area contributed by atoms with Crippen molar-refractivity contribution >= 4 is 22.9 Å². The molecule has 0 saturated heterocycles. The summed E-state index contributed by atoms with van der Waals surface area (Å²) in [6.45, 7) is 0.0407. The number of aldehydes is 1. The number of benzene rings is 1. The predicted molar refractivity (Wildman–Crippen MR) is 64.3 cm³/mol. The minimum Gasteiger partial charge on any atom is -0.401 e. The van der Waals surface area contributed by atoms with Crippen LogP contribution in [-0.4, -0.2) is 22.5 Å². The van der Waals surface area contributed by atoms with Gasteiger partial charge in [-0.05, 0) is 6.07 Å². The van der Waals surface area contributed by atoms with E-state index < -0.39 is 4.92 Å². The Balaban J connectivity index is 2.60. The van der Waals surface area contributed by atoms with E-state index in [0.29, 0.717) is 22.8 Å². The summed E-state index contributed by atoms with van der Waals surface area (Å²) in [7, 11) is 0. The summed E-state index contributed by atoms with van der Waals surface area (Å²) in [4.78, 5) is 26.3. The SMILES string of the molecule is C#CCOn1cc(C=O)c2cc([N+](=O)[O-])ccc21. The van der Waals surface area contributed by atoms with E-state index in [4.69, 9.17) is 11.3 Å². The van der Waals surface area contributed by atoms with Gasteiger partial charge in [0.05, 0.1) is 16.6 Å². The van der Waals surface area contributed by atoms with Crippen molar-refractivity contribution in [3.05, 3.63) is 40.1 Å². The molecule has 1 aromatic carbocycles. The number of fused-ring (bicyclic) bond motifs is 1. The largest absolute Gasteiger partial charge is 0.401 e. The van der Waals surface area contributed by atoms with Gasteiger partial charge in [-0.1, -0.05) is 5.92 Å². The van der Waals surface area contributed by atoms with Gasteiger partial charge in [0.15, 0.2) is 12.9 Å². The molecule has 0 bridgehead atoms. The average molecular weight is 244 g/mol. The summed E-state index contributed by atoms with van der Waals surface area (Å²) >= 11 is 0. The van der Waals surface area contributed by atoms with Crippen LogP contribution in [-0.2, 0) is 0 Å². The zero-order chi connectivity index (χ0) is 13.1. The second kappa shape index (κ2) is 4.59. The van der Waals surface area contributed by atoms with Gasteiger partial charge >= 0.3 is 0 Å². The Bertz CT molecular complexity index is 667. The molecule has 0 saturated carbocycles. The molecule has 2 rings (SSSR count). The number of terminal acetylenes is 1. The van der Waals surface area contributed by atoms with Crippen molar-refractivity contribution in [3.8, 4) is 12.3 Å². The number of non-ortho nitro benzene ring substituents is 1. The third-order valence-electron chi connectivity index (χ3n) is 2.41. The summed E-state index contributed by atoms with van der Waals surface area (Å²) in [5.74, 6) is 2.30. The summed E-state index contributed by atoms with van der Waals surface area (Å²) < 4.78 is 1.34. The molecule has 18 heavy (non-hydrogen) atoms. The quantitative estimate of drug-likeness (QED) is 0.353. The van der Waals surface area contributed by atoms with Crippen molar-refractivity contribution in [3.63, 3.8) is 0 Å². The highest BCUT2D eigenvalue weighted by atomic mass is 16.7. The van der Waals surface area contributed by atoms with Crippen LogP contribution in [0.3, 0.4) is 0 Å². The maximum absolute atomic E-state index is 10.9. The molecule has 6 nitrogen and oxygen atoms in total. The van der Waals surface area contributed by atoms with E-state index in [1.807, 2.05) is 0 Å². The molecule has 0 amide bonds. The highest BCUT2D eigenvalue weighted by molar-refractivity contribution is 5.98. The van der Waals surface area contributed by atoms with Crippen molar-refractivity contribution in [2.24, 2.45) is 0 Å². The fourth-order valence-corrected chi connectivity index (χ4v) is 1.63. The molecule has 6 heteroatoms. The molecule has 2 aromatic rings. The van der Waals surface area contributed by atoms with Crippen LogP contribution < -0.4 is 4.84 Å². The van der Waals surface area contributed by atoms with Gasteiger partial charge in [0.1, 0.15) is 0 Å². The van der Waals surface area contributed by atoms with Crippen LogP contribution in [0.15, 0.2) is 24.4 Å². The minimum absolute atomic E-state index is 0.0407. The number of carbonyl (C=O) groups excluding carboxylic acids is 1. The van der Waals surface area contributed by atoms with Gasteiger partial charge in [-0.25, -0.2) is 0 Å². The molecule has 0 radical (unpaired) electrons. The van der Waals surface area contributed by atoms with Gasteiger partial charge in [0.25, 0.3) is 5.69 Å². The highest BCUT2D eigenvalue weighted by Gasteiger charge is 2.13. The number of carbonyl (C=O) groups is 1. The Kier molecular flexibility index (Phi) is 2.98. The molecule has 0 unspecified atom stereocenters. The van der Waals surface area contributed by atoms with E-state index in [9.17, 15) is 14.9 Å². The molecule has 0 aliphatic heterocycles. The monoisotopic (exact) mass is 244 g/mol. The Morgan fingerprint density at radius 1 is 1.56 bits per heavy atom. The Morgan fingerprint density at radius 3 is 2.94 bits per heavy atom. The molecule has 0 aliphatic carbocycles. The number of nitro benzene ring substituents is 1. The van der Waals surface area contributed by atoms with Crippen molar-refractivity contribution in [1.29, 1.82) is 0 Å². The third-order valence-corrected chi connectivity index (χ3v) is 2.41. The smallest absolute Gasteiger partial charge is 0.270 e. The fourth-order valence-electron chi connectivity index (χ4n) is 1.63. The van der Waals surface area contributed by atoms with Gasteiger partial charge in [0, 0.05) is 23.1 Å². The first-order chi connectivity index (χ1) is 8.67. The zero-order valence-corrected chi connectivity index (χ0v) is 9.20. The molecule has 0 aliphatic rings. The van der Waals surface area contributed by atoms with Gasteiger partial charge in [0.2, 0.25) is 0 Å². The molecule has 0 atom stereocenters. The first-order valence-corrected chi connectivity index (χ1v) is 4.99. The number of hydrogen-bond acceptors (Lipinski definition) is 4. The molecule has 1 heterocycles. The molecule has 90 valence electrons. The third kappa shape index (κ3) is 1.89. The molecular weight excluding hydrogens is 236 g/mol. The van der Waals surface area contributed by atoms with Gasteiger partial charge in [-0.3, -0.25) is 14.9 Å². The Labute approximate surface area is 102 Å². The first-order valence-electron chi connectivity index (χ1n) is 4.99. The number of nitro groups is 1. The standard InChI is InChI=1S/C12H8N2O4/c1-2-5-18-13-7-9(8-15)11-6-10(14(16)17)3-4-12(11)13/h1,3-4,6-8H,5H2. The highest BCUT2D eigenvalue weighted by Crippen LogP contribution is 2.24. The van der Waals surface area contributed by atoms with E-state index in [-0.39, 0.29) is 12.3 Å². The molecule has 0 N–H and O–H groups in total. The van der Waals surface area contributed by atoms with Crippen LogP contribution in [0.2, 0.25) is 0 Å². The van der Waals surface area contributed by atoms with Crippen LogP contribution >= 0.6 is 0 Å². The maximum atomic E-state index is 10.9. The van der Waals surface area contributed by atoms with Crippen LogP contribution in [0.1, 0.15) is 10.4 Å². The lowest BCUT2D eigenvalue weighted by Crippen LogP contribution is -2.09. The normalized spacial score (nSPS) is 9.94.